The Morgan fingerprint density at radius 1 is 1.24 bits per heavy atom. The first kappa shape index (κ1) is 19.8. The molecular formula is C22H19N3O4. The molecule has 0 bridgehead atoms. The zero-order valence-electron chi connectivity index (χ0n) is 16.3. The number of hydrogen-bond acceptors (Lipinski definition) is 6. The van der Waals surface area contributed by atoms with Crippen LogP contribution < -0.4 is 0 Å². The Morgan fingerprint density at radius 3 is 2.69 bits per heavy atom. The molecule has 2 heterocycles. The molecule has 0 aliphatic heterocycles. The number of ether oxygens (including phenoxy) is 1. The summed E-state index contributed by atoms with van der Waals surface area (Å²) in [5, 5.41) is 13.5. The van der Waals surface area contributed by atoms with Crippen LogP contribution in [0, 0.1) is 25.2 Å². The number of benzene rings is 1. The van der Waals surface area contributed by atoms with Crippen LogP contribution in [0.5, 0.6) is 0 Å². The second-order valence-corrected chi connectivity index (χ2v) is 6.32. The van der Waals surface area contributed by atoms with E-state index in [9.17, 15) is 14.9 Å². The Balaban J connectivity index is 1.88. The number of nitriles is 1. The summed E-state index contributed by atoms with van der Waals surface area (Å²) in [6, 6.07) is 13.9. The van der Waals surface area contributed by atoms with E-state index in [0.29, 0.717) is 40.6 Å². The van der Waals surface area contributed by atoms with E-state index in [0.717, 1.165) is 0 Å². The fourth-order valence-electron chi connectivity index (χ4n) is 2.83. The summed E-state index contributed by atoms with van der Waals surface area (Å²) in [4.78, 5) is 24.5. The van der Waals surface area contributed by atoms with E-state index in [2.05, 4.69) is 5.10 Å². The van der Waals surface area contributed by atoms with Gasteiger partial charge in [-0.15, -0.1) is 0 Å². The van der Waals surface area contributed by atoms with E-state index in [1.165, 1.54) is 10.8 Å². The summed E-state index contributed by atoms with van der Waals surface area (Å²) in [6.07, 6.45) is 1.37. The first-order valence-electron chi connectivity index (χ1n) is 9.00. The van der Waals surface area contributed by atoms with E-state index in [1.54, 1.807) is 63.2 Å². The SMILES string of the molecule is CCOC(=O)c1cccc(-c2ccc(/C=C(\C#N)C(=O)n3nc(C)cc3C)o2)c1. The standard InChI is InChI=1S/C22H19N3O4/c1-4-28-22(27)17-7-5-6-16(11-17)20-9-8-19(29-20)12-18(13-23)21(26)25-15(3)10-14(2)24-25/h5-12H,4H2,1-3H3/b18-12+. The average molecular weight is 389 g/mol. The molecule has 146 valence electrons. The molecule has 7 nitrogen and oxygen atoms in total. The summed E-state index contributed by atoms with van der Waals surface area (Å²) in [7, 11) is 0. The molecule has 0 aliphatic carbocycles. The van der Waals surface area contributed by atoms with E-state index in [4.69, 9.17) is 9.15 Å². The molecule has 2 aromatic heterocycles. The first-order valence-corrected chi connectivity index (χ1v) is 9.00. The van der Waals surface area contributed by atoms with Crippen LogP contribution in [0.15, 0.2) is 52.5 Å². The van der Waals surface area contributed by atoms with E-state index in [-0.39, 0.29) is 5.57 Å². The van der Waals surface area contributed by atoms with E-state index >= 15 is 0 Å². The van der Waals surface area contributed by atoms with Crippen LogP contribution in [0.2, 0.25) is 0 Å². The molecule has 0 atom stereocenters. The number of carbonyl (C=O) groups excluding carboxylic acids is 2. The Hall–Kier alpha value is -3.92. The number of nitrogens with zero attached hydrogens (tertiary/aromatic N) is 3. The minimum atomic E-state index is -0.527. The molecule has 0 fully saturated rings. The smallest absolute Gasteiger partial charge is 0.338 e. The van der Waals surface area contributed by atoms with Gasteiger partial charge in [0.05, 0.1) is 17.9 Å². The van der Waals surface area contributed by atoms with E-state index < -0.39 is 11.9 Å². The lowest BCUT2D eigenvalue weighted by atomic mass is 10.1. The van der Waals surface area contributed by atoms with Crippen molar-refractivity contribution >= 4 is 18.0 Å². The number of carbonyl (C=O) groups is 2. The molecule has 3 aromatic rings. The Morgan fingerprint density at radius 2 is 2.03 bits per heavy atom. The van der Waals surface area contributed by atoms with Crippen molar-refractivity contribution in [1.82, 2.24) is 9.78 Å². The summed E-state index contributed by atoms with van der Waals surface area (Å²) < 4.78 is 12.0. The molecule has 0 aliphatic rings. The first-order chi connectivity index (χ1) is 13.9. The highest BCUT2D eigenvalue weighted by atomic mass is 16.5. The maximum Gasteiger partial charge on any atom is 0.338 e. The quantitative estimate of drug-likeness (QED) is 0.369. The van der Waals surface area contributed by atoms with Gasteiger partial charge in [-0.25, -0.2) is 9.48 Å². The van der Waals surface area contributed by atoms with Crippen LogP contribution in [-0.4, -0.2) is 28.3 Å². The lowest BCUT2D eigenvalue weighted by Gasteiger charge is -2.03. The zero-order chi connectivity index (χ0) is 21.0. The minimum Gasteiger partial charge on any atom is -0.462 e. The topological polar surface area (TPSA) is 98.1 Å². The molecular weight excluding hydrogens is 370 g/mol. The van der Waals surface area contributed by atoms with Crippen LogP contribution >= 0.6 is 0 Å². The van der Waals surface area contributed by atoms with Crippen LogP contribution in [0.3, 0.4) is 0 Å². The summed E-state index contributed by atoms with van der Waals surface area (Å²) in [5.74, 6) is -0.102. The minimum absolute atomic E-state index is 0.0997. The molecule has 0 saturated carbocycles. The second kappa shape index (κ2) is 8.40. The third-order valence-corrected chi connectivity index (χ3v) is 4.12. The zero-order valence-corrected chi connectivity index (χ0v) is 16.3. The Labute approximate surface area is 167 Å². The molecule has 29 heavy (non-hydrogen) atoms. The van der Waals surface area contributed by atoms with Gasteiger partial charge < -0.3 is 9.15 Å². The van der Waals surface area contributed by atoms with Crippen molar-refractivity contribution in [2.75, 3.05) is 6.61 Å². The van der Waals surface area contributed by atoms with Gasteiger partial charge in [0, 0.05) is 17.3 Å². The summed E-state index contributed by atoms with van der Waals surface area (Å²) in [5.41, 5.74) is 2.32. The molecule has 0 radical (unpaired) electrons. The van der Waals surface area contributed by atoms with Crippen molar-refractivity contribution in [3.63, 3.8) is 0 Å². The highest BCUT2D eigenvalue weighted by molar-refractivity contribution is 6.02. The number of hydrogen-bond donors (Lipinski definition) is 0. The third-order valence-electron chi connectivity index (χ3n) is 4.12. The monoisotopic (exact) mass is 389 g/mol. The van der Waals surface area contributed by atoms with Gasteiger partial charge in [-0.3, -0.25) is 4.79 Å². The molecule has 0 unspecified atom stereocenters. The maximum absolute atomic E-state index is 12.6. The normalized spacial score (nSPS) is 11.2. The number of esters is 1. The van der Waals surface area contributed by atoms with Crippen molar-refractivity contribution in [2.45, 2.75) is 20.8 Å². The molecule has 0 saturated heterocycles. The average Bonchev–Trinajstić information content (AvgIpc) is 3.31. The predicted octanol–water partition coefficient (Wildman–Crippen LogP) is 4.18. The van der Waals surface area contributed by atoms with Crippen LogP contribution in [-0.2, 0) is 4.74 Å². The fourth-order valence-corrected chi connectivity index (χ4v) is 2.83. The Bertz CT molecular complexity index is 1150. The van der Waals surface area contributed by atoms with Gasteiger partial charge in [-0.2, -0.15) is 10.4 Å². The lowest BCUT2D eigenvalue weighted by molar-refractivity contribution is 0.0526. The van der Waals surface area contributed by atoms with Crippen molar-refractivity contribution in [2.24, 2.45) is 0 Å². The molecule has 0 N–H and O–H groups in total. The maximum atomic E-state index is 12.6. The molecule has 1 aromatic carbocycles. The number of aryl methyl sites for hydroxylation is 2. The van der Waals surface area contributed by atoms with Crippen molar-refractivity contribution in [3.8, 4) is 17.4 Å². The van der Waals surface area contributed by atoms with Crippen LogP contribution in [0.4, 0.5) is 0 Å². The van der Waals surface area contributed by atoms with Gasteiger partial charge in [0.2, 0.25) is 0 Å². The molecule has 0 spiro atoms. The van der Waals surface area contributed by atoms with Crippen LogP contribution in [0.25, 0.3) is 17.4 Å². The van der Waals surface area contributed by atoms with Gasteiger partial charge in [-0.05, 0) is 51.1 Å². The van der Waals surface area contributed by atoms with Gasteiger partial charge in [0.1, 0.15) is 23.2 Å². The van der Waals surface area contributed by atoms with E-state index in [1.807, 2.05) is 6.07 Å². The van der Waals surface area contributed by atoms with Gasteiger partial charge in [0.15, 0.2) is 0 Å². The molecule has 0 amide bonds. The predicted molar refractivity (Wildman–Crippen MR) is 106 cm³/mol. The number of furan rings is 1. The second-order valence-electron chi connectivity index (χ2n) is 6.32. The van der Waals surface area contributed by atoms with Gasteiger partial charge in [0.25, 0.3) is 5.91 Å². The lowest BCUT2D eigenvalue weighted by Crippen LogP contribution is -2.15. The van der Waals surface area contributed by atoms with Crippen molar-refractivity contribution in [1.29, 1.82) is 5.26 Å². The van der Waals surface area contributed by atoms with Gasteiger partial charge in [-0.1, -0.05) is 12.1 Å². The number of rotatable bonds is 5. The third kappa shape index (κ3) is 4.33. The fraction of sp³-hybridized carbons (Fsp3) is 0.182. The van der Waals surface area contributed by atoms with Crippen LogP contribution in [0.1, 0.15) is 39.2 Å². The highest BCUT2D eigenvalue weighted by Gasteiger charge is 2.17. The number of aromatic nitrogens is 2. The number of allylic oxidation sites excluding steroid dienone is 1. The van der Waals surface area contributed by atoms with Crippen molar-refractivity contribution in [3.05, 3.63) is 70.7 Å². The highest BCUT2D eigenvalue weighted by Crippen LogP contribution is 2.25. The Kier molecular flexibility index (Phi) is 5.74. The molecule has 7 heteroatoms. The summed E-state index contributed by atoms with van der Waals surface area (Å²) >= 11 is 0. The van der Waals surface area contributed by atoms with Gasteiger partial charge >= 0.3 is 5.97 Å². The molecule has 3 rings (SSSR count). The summed E-state index contributed by atoms with van der Waals surface area (Å²) in [6.45, 7) is 5.55. The largest absolute Gasteiger partial charge is 0.462 e. The van der Waals surface area contributed by atoms with Crippen molar-refractivity contribution < 1.29 is 18.7 Å².